The van der Waals surface area contributed by atoms with E-state index in [1.807, 2.05) is 27.7 Å². The predicted octanol–water partition coefficient (Wildman–Crippen LogP) is 2.24. The maximum absolute atomic E-state index is 11.9. The molecule has 1 aliphatic heterocycles. The fraction of sp³-hybridized carbons (Fsp3) is 0.632. The highest BCUT2D eigenvalue weighted by atomic mass is 16.6. The van der Waals surface area contributed by atoms with Crippen LogP contribution in [0.4, 0.5) is 0 Å². The number of hydrogen-bond acceptors (Lipinski definition) is 7. The molecule has 0 radical (unpaired) electrons. The molecule has 2 N–H and O–H groups in total. The molecule has 7 nitrogen and oxygen atoms in total. The van der Waals surface area contributed by atoms with Gasteiger partial charge in [0, 0.05) is 17.6 Å². The van der Waals surface area contributed by atoms with Gasteiger partial charge in [0.05, 0.1) is 20.6 Å². The molecule has 26 heavy (non-hydrogen) atoms. The van der Waals surface area contributed by atoms with Crippen molar-refractivity contribution in [3.05, 3.63) is 11.6 Å². The number of hydrogen-bond donors (Lipinski definition) is 2. The van der Waals surface area contributed by atoms with Crippen molar-refractivity contribution in [3.8, 4) is 23.0 Å². The van der Waals surface area contributed by atoms with E-state index in [0.717, 1.165) is 5.56 Å². The number of methoxy groups -OCH3 is 2. The van der Waals surface area contributed by atoms with Crippen LogP contribution in [0.3, 0.4) is 0 Å². The van der Waals surface area contributed by atoms with Crippen LogP contribution in [-0.2, 0) is 4.79 Å². The predicted molar refractivity (Wildman–Crippen MR) is 97.5 cm³/mol. The second kappa shape index (κ2) is 8.14. The van der Waals surface area contributed by atoms with Gasteiger partial charge in [-0.05, 0) is 32.8 Å². The first kappa shape index (κ1) is 20.3. The molecular weight excluding hydrogens is 338 g/mol. The first-order valence-corrected chi connectivity index (χ1v) is 8.71. The Morgan fingerprint density at radius 3 is 2.58 bits per heavy atom. The van der Waals surface area contributed by atoms with E-state index in [0.29, 0.717) is 30.2 Å². The topological polar surface area (TPSA) is 86.2 Å². The summed E-state index contributed by atoms with van der Waals surface area (Å²) in [6.07, 6.45) is -0.447. The van der Waals surface area contributed by atoms with Gasteiger partial charge in [-0.15, -0.1) is 0 Å². The summed E-state index contributed by atoms with van der Waals surface area (Å²) in [6.45, 7) is 8.38. The van der Waals surface area contributed by atoms with Crippen molar-refractivity contribution in [2.75, 3.05) is 27.4 Å². The van der Waals surface area contributed by atoms with E-state index < -0.39 is 6.10 Å². The summed E-state index contributed by atoms with van der Waals surface area (Å²) in [5, 5.41) is 13.4. The van der Waals surface area contributed by atoms with Crippen molar-refractivity contribution in [2.24, 2.45) is 0 Å². The number of nitrogens with one attached hydrogen (secondary N) is 1. The lowest BCUT2D eigenvalue weighted by molar-refractivity contribution is -0.135. The monoisotopic (exact) mass is 367 g/mol. The van der Waals surface area contributed by atoms with E-state index >= 15 is 0 Å². The number of carbonyl (C=O) groups excluding carboxylic acids is 1. The van der Waals surface area contributed by atoms with Gasteiger partial charge in [-0.3, -0.25) is 4.79 Å². The number of esters is 1. The van der Waals surface area contributed by atoms with Gasteiger partial charge in [0.15, 0.2) is 11.5 Å². The summed E-state index contributed by atoms with van der Waals surface area (Å²) >= 11 is 0. The molecule has 0 fully saturated rings. The Labute approximate surface area is 154 Å². The van der Waals surface area contributed by atoms with Gasteiger partial charge in [0.2, 0.25) is 11.5 Å². The van der Waals surface area contributed by atoms with Gasteiger partial charge in [-0.25, -0.2) is 0 Å². The maximum Gasteiger partial charge on any atom is 0.311 e. The number of aliphatic hydroxyl groups is 1. The van der Waals surface area contributed by atoms with E-state index in [9.17, 15) is 9.90 Å². The third-order valence-electron chi connectivity index (χ3n) is 4.12. The third kappa shape index (κ3) is 4.80. The summed E-state index contributed by atoms with van der Waals surface area (Å²) in [4.78, 5) is 11.9. The number of ether oxygens (including phenoxy) is 4. The molecule has 1 aromatic carbocycles. The van der Waals surface area contributed by atoms with Crippen LogP contribution in [0.5, 0.6) is 23.0 Å². The van der Waals surface area contributed by atoms with Gasteiger partial charge < -0.3 is 29.4 Å². The number of carbonyl (C=O) groups is 1. The molecule has 2 atom stereocenters. The quantitative estimate of drug-likeness (QED) is 0.565. The molecule has 0 aliphatic carbocycles. The first-order chi connectivity index (χ1) is 12.2. The Hall–Kier alpha value is -1.99. The summed E-state index contributed by atoms with van der Waals surface area (Å²) in [5.41, 5.74) is 0.707. The normalized spacial score (nSPS) is 18.0. The van der Waals surface area contributed by atoms with Crippen molar-refractivity contribution in [2.45, 2.75) is 51.7 Å². The molecule has 1 heterocycles. The zero-order valence-corrected chi connectivity index (χ0v) is 16.3. The van der Waals surface area contributed by atoms with Gasteiger partial charge in [0.25, 0.3) is 0 Å². The molecule has 0 amide bonds. The minimum absolute atomic E-state index is 0.0188. The molecular formula is C19H29NO6. The smallest absolute Gasteiger partial charge is 0.311 e. The van der Waals surface area contributed by atoms with E-state index in [2.05, 4.69) is 5.32 Å². The third-order valence-corrected chi connectivity index (χ3v) is 4.12. The Kier molecular flexibility index (Phi) is 6.36. The van der Waals surface area contributed by atoms with Gasteiger partial charge in [-0.1, -0.05) is 6.92 Å². The van der Waals surface area contributed by atoms with Crippen molar-refractivity contribution < 1.29 is 28.8 Å². The SMILES string of the molecule is COc1cc2c(c(OCC(O)CNC(C)(C)C)c1OC)OC(=O)CC2C. The average molecular weight is 367 g/mol. The van der Waals surface area contributed by atoms with Gasteiger partial charge in [-0.2, -0.15) is 0 Å². The lowest BCUT2D eigenvalue weighted by Crippen LogP contribution is -2.42. The van der Waals surface area contributed by atoms with Crippen LogP contribution in [0.25, 0.3) is 0 Å². The van der Waals surface area contributed by atoms with E-state index in [-0.39, 0.29) is 29.8 Å². The fourth-order valence-corrected chi connectivity index (χ4v) is 2.74. The second-order valence-electron chi connectivity index (χ2n) is 7.53. The largest absolute Gasteiger partial charge is 0.493 e. The molecule has 0 spiro atoms. The fourth-order valence-electron chi connectivity index (χ4n) is 2.74. The number of aliphatic hydroxyl groups excluding tert-OH is 1. The van der Waals surface area contributed by atoms with Crippen LogP contribution < -0.4 is 24.3 Å². The minimum atomic E-state index is -0.738. The number of benzene rings is 1. The van der Waals surface area contributed by atoms with Crippen LogP contribution >= 0.6 is 0 Å². The van der Waals surface area contributed by atoms with Crippen LogP contribution in [-0.4, -0.2) is 50.1 Å². The van der Waals surface area contributed by atoms with Crippen LogP contribution in [0.1, 0.15) is 45.6 Å². The zero-order chi connectivity index (χ0) is 19.5. The zero-order valence-electron chi connectivity index (χ0n) is 16.3. The Bertz CT molecular complexity index is 652. The number of fused-ring (bicyclic) bond motifs is 1. The molecule has 0 aromatic heterocycles. The molecule has 0 saturated heterocycles. The molecule has 0 saturated carbocycles. The summed E-state index contributed by atoms with van der Waals surface area (Å²) in [6, 6.07) is 1.80. The lowest BCUT2D eigenvalue weighted by atomic mass is 9.93. The summed E-state index contributed by atoms with van der Waals surface area (Å²) < 4.78 is 22.1. The molecule has 1 aliphatic rings. The molecule has 7 heteroatoms. The van der Waals surface area contributed by atoms with E-state index in [4.69, 9.17) is 18.9 Å². The highest BCUT2D eigenvalue weighted by molar-refractivity contribution is 5.79. The molecule has 0 bridgehead atoms. The standard InChI is InChI=1S/C19H29NO6/c1-11-7-15(22)26-16-13(11)8-14(23-5)17(24-6)18(16)25-10-12(21)9-20-19(2,3)4/h8,11-12,20-21H,7,9-10H2,1-6H3. The van der Waals surface area contributed by atoms with Crippen LogP contribution in [0, 0.1) is 0 Å². The van der Waals surface area contributed by atoms with Crippen molar-refractivity contribution in [1.29, 1.82) is 0 Å². The first-order valence-electron chi connectivity index (χ1n) is 8.71. The van der Waals surface area contributed by atoms with Crippen molar-refractivity contribution in [1.82, 2.24) is 5.32 Å². The van der Waals surface area contributed by atoms with Crippen LogP contribution in [0.2, 0.25) is 0 Å². The molecule has 2 unspecified atom stereocenters. The maximum atomic E-state index is 11.9. The average Bonchev–Trinajstić information content (AvgIpc) is 2.56. The molecule has 2 rings (SSSR count). The van der Waals surface area contributed by atoms with Crippen molar-refractivity contribution in [3.63, 3.8) is 0 Å². The van der Waals surface area contributed by atoms with Gasteiger partial charge >= 0.3 is 5.97 Å². The highest BCUT2D eigenvalue weighted by Gasteiger charge is 2.32. The van der Waals surface area contributed by atoms with E-state index in [1.54, 1.807) is 6.07 Å². The Morgan fingerprint density at radius 1 is 1.31 bits per heavy atom. The number of rotatable bonds is 7. The summed E-state index contributed by atoms with van der Waals surface area (Å²) in [7, 11) is 3.03. The van der Waals surface area contributed by atoms with Crippen molar-refractivity contribution >= 4 is 5.97 Å². The lowest BCUT2D eigenvalue weighted by Gasteiger charge is -2.27. The molecule has 1 aromatic rings. The Morgan fingerprint density at radius 2 is 2.00 bits per heavy atom. The molecule has 146 valence electrons. The highest BCUT2D eigenvalue weighted by Crippen LogP contribution is 2.51. The van der Waals surface area contributed by atoms with Gasteiger partial charge in [0.1, 0.15) is 12.7 Å². The van der Waals surface area contributed by atoms with E-state index in [1.165, 1.54) is 14.2 Å². The minimum Gasteiger partial charge on any atom is -0.493 e. The number of β-amino-alcohol motifs (C(OH)–C–C–N with tert-alkyl or cyclic N) is 1. The Balaban J connectivity index is 2.28. The van der Waals surface area contributed by atoms with Crippen LogP contribution in [0.15, 0.2) is 6.07 Å². The summed E-state index contributed by atoms with van der Waals surface area (Å²) in [5.74, 6) is 1.09. The second-order valence-corrected chi connectivity index (χ2v) is 7.53.